The van der Waals surface area contributed by atoms with Crippen LogP contribution in [0.3, 0.4) is 0 Å². The molecule has 3 saturated carbocycles. The molecule has 2 aromatic carbocycles. The molecule has 3 aliphatic rings. The molecule has 0 saturated heterocycles. The number of halogens is 4. The molecule has 3 fully saturated rings. The number of rotatable bonds is 9. The molecule has 44 heavy (non-hydrogen) atoms. The first kappa shape index (κ1) is 37.0. The van der Waals surface area contributed by atoms with E-state index >= 15 is 0 Å². The summed E-state index contributed by atoms with van der Waals surface area (Å²) in [7, 11) is 14.1. The maximum atomic E-state index is 6.18. The molecule has 0 aromatic heterocycles. The van der Waals surface area contributed by atoms with Crippen molar-refractivity contribution >= 4 is 60.8 Å². The van der Waals surface area contributed by atoms with Crippen LogP contribution in [0, 0.1) is 0 Å². The second-order valence-corrected chi connectivity index (χ2v) is 23.3. The van der Waals surface area contributed by atoms with E-state index in [9.17, 15) is 0 Å². The fourth-order valence-electron chi connectivity index (χ4n) is 7.73. The first-order valence-corrected chi connectivity index (χ1v) is 24.8. The van der Waals surface area contributed by atoms with E-state index in [4.69, 9.17) is 47.3 Å². The molecule has 0 radical (unpaired) electrons. The Labute approximate surface area is 292 Å². The Morgan fingerprint density at radius 2 is 1.25 bits per heavy atom. The molecule has 0 amide bonds. The van der Waals surface area contributed by atoms with Gasteiger partial charge in [-0.2, -0.15) is 0 Å². The average Bonchev–Trinajstić information content (AvgIpc) is 3.00. The zero-order valence-electron chi connectivity index (χ0n) is 26.9. The summed E-state index contributed by atoms with van der Waals surface area (Å²) in [5.74, 6) is 0.827. The molecule has 0 atom stereocenters. The van der Waals surface area contributed by atoms with Gasteiger partial charge in [-0.05, 0) is 77.0 Å². The number of hydrogen-bond acceptors (Lipinski definition) is 2. The minimum absolute atomic E-state index is 0.0465. The number of benzene rings is 2. The quantitative estimate of drug-likeness (QED) is 0.185. The molecule has 0 spiro atoms. The fourth-order valence-corrected chi connectivity index (χ4v) is 15.1. The summed E-state index contributed by atoms with van der Waals surface area (Å²) in [5.41, 5.74) is 6.63. The van der Waals surface area contributed by atoms with E-state index in [-0.39, 0.29) is 14.0 Å². The maximum absolute atomic E-state index is 6.18. The van der Waals surface area contributed by atoms with Crippen LogP contribution in [-0.4, -0.2) is 34.7 Å². The van der Waals surface area contributed by atoms with Gasteiger partial charge < -0.3 is 0 Å². The van der Waals surface area contributed by atoms with E-state index < -0.39 is 13.5 Å². The molecular formula is C36H53Cl4NOPRu+. The predicted octanol–water partition coefficient (Wildman–Crippen LogP) is 12.7. The Bertz CT molecular complexity index is 1150. The van der Waals surface area contributed by atoms with E-state index in [1.807, 2.05) is 61.9 Å². The van der Waals surface area contributed by atoms with Crippen LogP contribution in [0.25, 0.3) is 0 Å². The van der Waals surface area contributed by atoms with E-state index in [1.165, 1.54) is 17.0 Å². The van der Waals surface area contributed by atoms with Gasteiger partial charge in [-0.25, -0.2) is 0 Å². The molecule has 8 heteroatoms. The van der Waals surface area contributed by atoms with E-state index in [2.05, 4.69) is 4.90 Å². The summed E-state index contributed by atoms with van der Waals surface area (Å²) < 4.78 is 7.80. The third-order valence-electron chi connectivity index (χ3n) is 9.61. The van der Waals surface area contributed by atoms with Gasteiger partial charge >= 0.3 is 173 Å². The zero-order valence-corrected chi connectivity index (χ0v) is 32.6. The standard InChI is InChI=1S/C18H19Cl2NO.C18H33P.2ClH.Ru/c1-12(2)22-18-8-6-16(20)10-14(18)11-21(4)17-7-5-15(19)9-13(17)3;1-4-10-16(11-5-1)19(17-12-6-2-7-13-17)18-14-8-3-9-15-18;;;/h3,5-10,12H,11H2,1-2,4H3;16-18H,1-15H2;2*1H;/q;;;;+2/p-1. The number of hydrogen-bond donors (Lipinski definition) is 0. The number of anilines is 1. The van der Waals surface area contributed by atoms with E-state index in [0.717, 1.165) is 22.6 Å². The van der Waals surface area contributed by atoms with Gasteiger partial charge in [0.1, 0.15) is 0 Å². The van der Waals surface area contributed by atoms with Gasteiger partial charge in [0.2, 0.25) is 0 Å². The van der Waals surface area contributed by atoms with Crippen LogP contribution >= 0.6 is 50.5 Å². The number of ether oxygens (including phenoxy) is 1. The molecular weight excluding hydrogens is 736 g/mol. The van der Waals surface area contributed by atoms with Crippen LogP contribution in [0.4, 0.5) is 5.69 Å². The summed E-state index contributed by atoms with van der Waals surface area (Å²) in [6, 6.07) is 11.4. The Morgan fingerprint density at radius 1 is 0.773 bits per heavy atom. The summed E-state index contributed by atoms with van der Waals surface area (Å²) in [6.07, 6.45) is 23.9. The van der Waals surface area contributed by atoms with E-state index in [0.29, 0.717) is 16.6 Å². The molecule has 0 aliphatic heterocycles. The van der Waals surface area contributed by atoms with Gasteiger partial charge in [-0.3, -0.25) is 0 Å². The molecule has 2 aromatic rings. The van der Waals surface area contributed by atoms with Crippen molar-refractivity contribution < 1.29 is 18.3 Å². The van der Waals surface area contributed by atoms with Crippen molar-refractivity contribution in [1.82, 2.24) is 0 Å². The van der Waals surface area contributed by atoms with Crippen LogP contribution in [0.1, 0.15) is 121 Å². The van der Waals surface area contributed by atoms with Crippen LogP contribution in [-0.2, 0) is 20.1 Å². The van der Waals surface area contributed by atoms with Crippen LogP contribution in [0.15, 0.2) is 36.4 Å². The predicted molar refractivity (Wildman–Crippen MR) is 197 cm³/mol. The van der Waals surface area contributed by atoms with Crippen LogP contribution in [0.5, 0.6) is 5.75 Å². The normalized spacial score (nSPS) is 19.0. The van der Waals surface area contributed by atoms with Gasteiger partial charge in [-0.15, -0.1) is 0 Å². The molecule has 2 nitrogen and oxygen atoms in total. The van der Waals surface area contributed by atoms with E-state index in [1.54, 1.807) is 96.3 Å². The summed E-state index contributed by atoms with van der Waals surface area (Å²) in [5, 5.41) is 1.33. The second-order valence-electron chi connectivity index (χ2n) is 13.3. The third kappa shape index (κ3) is 11.7. The Morgan fingerprint density at radius 3 is 1.73 bits per heavy atom. The van der Waals surface area contributed by atoms with Crippen molar-refractivity contribution in [1.29, 1.82) is 0 Å². The fraction of sp³-hybridized carbons (Fsp3) is 0.639. The first-order valence-electron chi connectivity index (χ1n) is 16.9. The Kier molecular flexibility index (Phi) is 16.1. The van der Waals surface area contributed by atoms with Crippen molar-refractivity contribution in [3.63, 3.8) is 0 Å². The Balaban J connectivity index is 0.000000208. The third-order valence-corrected chi connectivity index (χ3v) is 16.5. The molecule has 0 bridgehead atoms. The zero-order chi connectivity index (χ0) is 31.5. The SMILES string of the molecule is C1CCC([PH+](C2CCCCC2)C2CCCCC2)CC1.CC(C)Oc1ccc(Cl)cc1CN(C)c1ccc(Cl)cc1[CH]=[Ru]([Cl])[Cl]. The van der Waals surface area contributed by atoms with Gasteiger partial charge in [0.25, 0.3) is 0 Å². The first-order chi connectivity index (χ1) is 21.2. The van der Waals surface area contributed by atoms with Gasteiger partial charge in [0.15, 0.2) is 0 Å². The molecule has 0 heterocycles. The van der Waals surface area contributed by atoms with Crippen molar-refractivity contribution in [3.8, 4) is 5.75 Å². The number of nitrogens with zero attached hydrogens (tertiary/aromatic N) is 1. The van der Waals surface area contributed by atoms with Crippen molar-refractivity contribution in [2.45, 2.75) is 140 Å². The van der Waals surface area contributed by atoms with Gasteiger partial charge in [-0.1, -0.05) is 19.3 Å². The summed E-state index contributed by atoms with van der Waals surface area (Å²) in [4.78, 5) is 2.10. The topological polar surface area (TPSA) is 12.5 Å². The van der Waals surface area contributed by atoms with Crippen LogP contribution in [0.2, 0.25) is 10.0 Å². The minimum atomic E-state index is -1.96. The summed E-state index contributed by atoms with van der Waals surface area (Å²) in [6.45, 7) is 4.63. The molecule has 0 N–H and O–H groups in total. The Hall–Kier alpha value is 0.123. The average molecular weight is 790 g/mol. The van der Waals surface area contributed by atoms with Crippen LogP contribution < -0.4 is 9.64 Å². The van der Waals surface area contributed by atoms with Crippen molar-refractivity contribution in [3.05, 3.63) is 57.6 Å². The monoisotopic (exact) mass is 788 g/mol. The van der Waals surface area contributed by atoms with Gasteiger partial charge in [0.05, 0.1) is 17.0 Å². The summed E-state index contributed by atoms with van der Waals surface area (Å²) >= 11 is 10.3. The molecule has 248 valence electrons. The molecule has 0 unspecified atom stereocenters. The van der Waals surface area contributed by atoms with Crippen molar-refractivity contribution in [2.24, 2.45) is 0 Å². The molecule has 5 rings (SSSR count). The van der Waals surface area contributed by atoms with Gasteiger partial charge in [0, 0.05) is 7.92 Å². The van der Waals surface area contributed by atoms with Crippen molar-refractivity contribution in [2.75, 3.05) is 11.9 Å². The second kappa shape index (κ2) is 19.2. The molecule has 3 aliphatic carbocycles.